The number of benzene rings is 1. The third-order valence-electron chi connectivity index (χ3n) is 7.65. The SMILES string of the molecule is Cc1c(OCCCNC(C)C)ccc([C@H]2CCC[C@H]3CN(C(=O)c4cnc(C(F)(F)F)nc4)CCN32)c1C. The van der Waals surface area contributed by atoms with Crippen molar-refractivity contribution in [3.63, 3.8) is 0 Å². The number of piperidine rings is 1. The van der Waals surface area contributed by atoms with Crippen LogP contribution in [0.25, 0.3) is 0 Å². The Morgan fingerprint density at radius 2 is 1.87 bits per heavy atom. The van der Waals surface area contributed by atoms with Crippen LogP contribution in [-0.2, 0) is 6.18 Å². The van der Waals surface area contributed by atoms with Crippen LogP contribution in [0, 0.1) is 13.8 Å². The predicted molar refractivity (Wildman–Crippen MR) is 139 cm³/mol. The Morgan fingerprint density at radius 1 is 1.13 bits per heavy atom. The minimum Gasteiger partial charge on any atom is -0.493 e. The molecule has 1 aromatic heterocycles. The minimum absolute atomic E-state index is 0.0841. The topological polar surface area (TPSA) is 70.6 Å². The van der Waals surface area contributed by atoms with Crippen LogP contribution in [0.2, 0.25) is 0 Å². The van der Waals surface area contributed by atoms with E-state index in [-0.39, 0.29) is 23.6 Å². The molecule has 10 heteroatoms. The van der Waals surface area contributed by atoms with E-state index in [0.717, 1.165) is 55.9 Å². The zero-order valence-electron chi connectivity index (χ0n) is 22.6. The Labute approximate surface area is 222 Å². The van der Waals surface area contributed by atoms with E-state index in [0.29, 0.717) is 32.3 Å². The van der Waals surface area contributed by atoms with Gasteiger partial charge in [-0.25, -0.2) is 9.97 Å². The van der Waals surface area contributed by atoms with Crippen LogP contribution in [0.15, 0.2) is 24.5 Å². The third kappa shape index (κ3) is 6.46. The molecule has 7 nitrogen and oxygen atoms in total. The van der Waals surface area contributed by atoms with Gasteiger partial charge < -0.3 is 15.0 Å². The van der Waals surface area contributed by atoms with Crippen LogP contribution < -0.4 is 10.1 Å². The summed E-state index contributed by atoms with van der Waals surface area (Å²) >= 11 is 0. The van der Waals surface area contributed by atoms with Crippen molar-refractivity contribution in [2.45, 2.75) is 77.7 Å². The fourth-order valence-electron chi connectivity index (χ4n) is 5.51. The molecule has 0 saturated carbocycles. The van der Waals surface area contributed by atoms with E-state index >= 15 is 0 Å². The maximum atomic E-state index is 13.0. The monoisotopic (exact) mass is 533 g/mol. The molecular weight excluding hydrogens is 495 g/mol. The zero-order valence-corrected chi connectivity index (χ0v) is 22.6. The number of carbonyl (C=O) groups is 1. The Kier molecular flexibility index (Phi) is 8.92. The first-order valence-corrected chi connectivity index (χ1v) is 13.5. The fourth-order valence-corrected chi connectivity index (χ4v) is 5.51. The molecule has 0 unspecified atom stereocenters. The average molecular weight is 534 g/mol. The molecule has 208 valence electrons. The number of hydrogen-bond acceptors (Lipinski definition) is 6. The first-order chi connectivity index (χ1) is 18.1. The van der Waals surface area contributed by atoms with E-state index in [2.05, 4.69) is 60.0 Å². The van der Waals surface area contributed by atoms with E-state index in [4.69, 9.17) is 4.74 Å². The lowest BCUT2D eigenvalue weighted by Crippen LogP contribution is -2.57. The number of piperazine rings is 1. The molecule has 2 fully saturated rings. The van der Waals surface area contributed by atoms with Gasteiger partial charge in [-0.15, -0.1) is 0 Å². The second kappa shape index (κ2) is 12.0. The molecule has 2 aliphatic heterocycles. The maximum Gasteiger partial charge on any atom is 0.451 e. The van der Waals surface area contributed by atoms with Gasteiger partial charge in [-0.2, -0.15) is 13.2 Å². The van der Waals surface area contributed by atoms with Crippen molar-refractivity contribution in [2.24, 2.45) is 0 Å². The molecule has 2 aliphatic rings. The number of fused-ring (bicyclic) bond motifs is 1. The number of aromatic nitrogens is 2. The second-order valence-corrected chi connectivity index (χ2v) is 10.6. The molecular formula is C28H38F3N5O2. The lowest BCUT2D eigenvalue weighted by Gasteiger charge is -2.48. The van der Waals surface area contributed by atoms with E-state index < -0.39 is 12.0 Å². The number of alkyl halides is 3. The predicted octanol–water partition coefficient (Wildman–Crippen LogP) is 4.93. The van der Waals surface area contributed by atoms with Crippen LogP contribution in [0.4, 0.5) is 13.2 Å². The van der Waals surface area contributed by atoms with Crippen LogP contribution in [-0.4, -0.2) is 70.5 Å². The van der Waals surface area contributed by atoms with Gasteiger partial charge in [-0.05, 0) is 68.8 Å². The minimum atomic E-state index is -4.63. The summed E-state index contributed by atoms with van der Waals surface area (Å²) in [7, 11) is 0. The number of nitrogens with zero attached hydrogens (tertiary/aromatic N) is 4. The molecule has 0 spiro atoms. The highest BCUT2D eigenvalue weighted by molar-refractivity contribution is 5.93. The first-order valence-electron chi connectivity index (χ1n) is 13.5. The van der Waals surface area contributed by atoms with Gasteiger partial charge in [0.25, 0.3) is 5.91 Å². The van der Waals surface area contributed by atoms with Gasteiger partial charge in [-0.3, -0.25) is 9.69 Å². The molecule has 4 rings (SSSR count). The van der Waals surface area contributed by atoms with Crippen molar-refractivity contribution < 1.29 is 22.7 Å². The molecule has 2 saturated heterocycles. The van der Waals surface area contributed by atoms with Crippen LogP contribution >= 0.6 is 0 Å². The van der Waals surface area contributed by atoms with Crippen molar-refractivity contribution in [1.82, 2.24) is 25.1 Å². The summed E-state index contributed by atoms with van der Waals surface area (Å²) in [5.41, 5.74) is 3.80. The molecule has 1 N–H and O–H groups in total. The normalized spacial score (nSPS) is 20.5. The Morgan fingerprint density at radius 3 is 2.55 bits per heavy atom. The van der Waals surface area contributed by atoms with Gasteiger partial charge in [0.05, 0.1) is 12.2 Å². The first kappa shape index (κ1) is 28.3. The molecule has 1 amide bonds. The number of halogens is 3. The Balaban J connectivity index is 1.40. The van der Waals surface area contributed by atoms with Crippen LogP contribution in [0.1, 0.15) is 78.4 Å². The van der Waals surface area contributed by atoms with Crippen molar-refractivity contribution >= 4 is 5.91 Å². The summed E-state index contributed by atoms with van der Waals surface area (Å²) in [4.78, 5) is 23.9. The van der Waals surface area contributed by atoms with Gasteiger partial charge in [0, 0.05) is 50.2 Å². The zero-order chi connectivity index (χ0) is 27.4. The molecule has 0 radical (unpaired) electrons. The highest BCUT2D eigenvalue weighted by Crippen LogP contribution is 2.39. The lowest BCUT2D eigenvalue weighted by atomic mass is 9.86. The summed E-state index contributed by atoms with van der Waals surface area (Å²) in [6.07, 6.45) is 1.36. The highest BCUT2D eigenvalue weighted by Gasteiger charge is 2.38. The van der Waals surface area contributed by atoms with Crippen molar-refractivity contribution in [3.8, 4) is 5.75 Å². The summed E-state index contributed by atoms with van der Waals surface area (Å²) in [6.45, 7) is 11.9. The largest absolute Gasteiger partial charge is 0.493 e. The maximum absolute atomic E-state index is 13.0. The molecule has 2 aromatic rings. The Bertz CT molecular complexity index is 1110. The Hall–Kier alpha value is -2.72. The number of ether oxygens (including phenoxy) is 1. The quantitative estimate of drug-likeness (QED) is 0.486. The summed E-state index contributed by atoms with van der Waals surface area (Å²) in [5, 5.41) is 3.41. The van der Waals surface area contributed by atoms with Crippen molar-refractivity contribution in [2.75, 3.05) is 32.8 Å². The number of hydrogen-bond donors (Lipinski definition) is 1. The van der Waals surface area contributed by atoms with E-state index in [1.54, 1.807) is 4.90 Å². The molecule has 2 atom stereocenters. The highest BCUT2D eigenvalue weighted by atomic mass is 19.4. The van der Waals surface area contributed by atoms with Gasteiger partial charge in [0.2, 0.25) is 5.82 Å². The molecule has 38 heavy (non-hydrogen) atoms. The number of carbonyl (C=O) groups excluding carboxylic acids is 1. The smallest absolute Gasteiger partial charge is 0.451 e. The van der Waals surface area contributed by atoms with Crippen molar-refractivity contribution in [3.05, 3.63) is 52.6 Å². The number of amides is 1. The molecule has 0 aliphatic carbocycles. The summed E-state index contributed by atoms with van der Waals surface area (Å²) in [6, 6.07) is 5.21. The summed E-state index contributed by atoms with van der Waals surface area (Å²) in [5.74, 6) is -0.630. The molecule has 1 aromatic carbocycles. The van der Waals surface area contributed by atoms with Crippen molar-refractivity contribution in [1.29, 1.82) is 0 Å². The summed E-state index contributed by atoms with van der Waals surface area (Å²) < 4.78 is 44.4. The average Bonchev–Trinajstić information content (AvgIpc) is 2.89. The standard InChI is InChI=1S/C28H38F3N5O2/c1-18(2)32-11-6-14-38-25-10-9-23(19(3)20(25)4)24-8-5-7-22-17-35(12-13-36(22)24)26(37)21-15-33-27(34-16-21)28(29,30)31/h9-10,15-16,18,22,24,32H,5-8,11-14,17H2,1-4H3/t22-,24+/m0/s1. The number of nitrogens with one attached hydrogen (secondary N) is 1. The number of rotatable bonds is 8. The third-order valence-corrected chi connectivity index (χ3v) is 7.65. The van der Waals surface area contributed by atoms with Gasteiger partial charge in [0.1, 0.15) is 5.75 Å². The molecule has 0 bridgehead atoms. The van der Waals surface area contributed by atoms with E-state index in [1.807, 2.05) is 0 Å². The van der Waals surface area contributed by atoms with Gasteiger partial charge in [-0.1, -0.05) is 19.9 Å². The second-order valence-electron chi connectivity index (χ2n) is 10.6. The van der Waals surface area contributed by atoms with Crippen LogP contribution in [0.3, 0.4) is 0 Å². The molecule has 3 heterocycles. The van der Waals surface area contributed by atoms with E-state index in [9.17, 15) is 18.0 Å². The van der Waals surface area contributed by atoms with Crippen LogP contribution in [0.5, 0.6) is 5.75 Å². The van der Waals surface area contributed by atoms with E-state index in [1.165, 1.54) is 11.1 Å². The fraction of sp³-hybridized carbons (Fsp3) is 0.607. The lowest BCUT2D eigenvalue weighted by molar-refractivity contribution is -0.145. The van der Waals surface area contributed by atoms with Gasteiger partial charge in [0.15, 0.2) is 0 Å². The van der Waals surface area contributed by atoms with Gasteiger partial charge >= 0.3 is 6.18 Å².